The maximum Gasteiger partial charge on any atom is 0.408 e. The first-order chi connectivity index (χ1) is 24.5. The zero-order valence-electron chi connectivity index (χ0n) is 30.3. The van der Waals surface area contributed by atoms with Crippen molar-refractivity contribution in [3.63, 3.8) is 0 Å². The van der Waals surface area contributed by atoms with Crippen LogP contribution in [0.25, 0.3) is 0 Å². The molecule has 0 radical (unpaired) electrons. The predicted octanol–water partition coefficient (Wildman–Crippen LogP) is 1.20. The van der Waals surface area contributed by atoms with Crippen LogP contribution in [0.1, 0.15) is 65.9 Å². The molecular weight excluding hydrogens is 704 g/mol. The van der Waals surface area contributed by atoms with Gasteiger partial charge in [0.2, 0.25) is 17.7 Å². The highest BCUT2D eigenvalue weighted by atomic mass is 32.2. The number of alkyl carbamates (subject to hydrolysis) is 1. The minimum absolute atomic E-state index is 0.0143. The number of sulfone groups is 1. The lowest BCUT2D eigenvalue weighted by Gasteiger charge is -2.27. The standard InChI is InChI=1S/C34H50N4O13S/c1-7-48-27(39)16-15-25(36-32(43)26(20-29(41)50-9-3)37-34(45)51-21-23-13-11-10-12-14-23)31(42)38-30(22(4)5)33(44)35-24(17-18-52(6,46)47)19-28(40)49-8-2/h10-14,17-18,22,24-26,30H,7-9,15-16,19-21H2,1-6H3,(H,35,44)(H,36,43)(H,37,45)(H,38,42)/b18-17+/t24-,25+,26+,30-/m1/s1. The van der Waals surface area contributed by atoms with Crippen LogP contribution in [0.2, 0.25) is 0 Å². The van der Waals surface area contributed by atoms with E-state index >= 15 is 0 Å². The summed E-state index contributed by atoms with van der Waals surface area (Å²) in [4.78, 5) is 90.0. The third kappa shape index (κ3) is 18.8. The number of amides is 4. The van der Waals surface area contributed by atoms with Gasteiger partial charge in [-0.1, -0.05) is 50.3 Å². The lowest BCUT2D eigenvalue weighted by molar-refractivity contribution is -0.146. The number of esters is 3. The molecule has 17 nitrogen and oxygen atoms in total. The number of ether oxygens (including phenoxy) is 4. The first kappa shape index (κ1) is 45.0. The number of rotatable bonds is 22. The number of carbonyl (C=O) groups excluding carboxylic acids is 7. The van der Waals surface area contributed by atoms with Crippen LogP contribution in [0.15, 0.2) is 41.8 Å². The molecule has 0 aliphatic heterocycles. The molecule has 290 valence electrons. The maximum absolute atomic E-state index is 13.7. The Labute approximate surface area is 303 Å². The summed E-state index contributed by atoms with van der Waals surface area (Å²) in [5.41, 5.74) is 0.655. The predicted molar refractivity (Wildman–Crippen MR) is 187 cm³/mol. The summed E-state index contributed by atoms with van der Waals surface area (Å²) < 4.78 is 43.4. The topological polar surface area (TPSA) is 239 Å². The minimum atomic E-state index is -3.64. The van der Waals surface area contributed by atoms with Gasteiger partial charge < -0.3 is 40.2 Å². The van der Waals surface area contributed by atoms with E-state index in [0.29, 0.717) is 5.56 Å². The van der Waals surface area contributed by atoms with E-state index in [4.69, 9.17) is 18.9 Å². The third-order valence-electron chi connectivity index (χ3n) is 6.90. The molecule has 52 heavy (non-hydrogen) atoms. The highest BCUT2D eigenvalue weighted by molar-refractivity contribution is 7.93. The number of hydrogen-bond donors (Lipinski definition) is 4. The smallest absolute Gasteiger partial charge is 0.408 e. The third-order valence-corrected chi connectivity index (χ3v) is 7.55. The van der Waals surface area contributed by atoms with Crippen LogP contribution in [-0.4, -0.2) is 100 Å². The summed E-state index contributed by atoms with van der Waals surface area (Å²) in [7, 11) is -3.64. The second-order valence-electron chi connectivity index (χ2n) is 11.7. The molecule has 4 amide bonds. The van der Waals surface area contributed by atoms with Gasteiger partial charge in [0.05, 0.1) is 38.7 Å². The van der Waals surface area contributed by atoms with Crippen molar-refractivity contribution in [3.05, 3.63) is 47.4 Å². The molecule has 0 aliphatic rings. The summed E-state index contributed by atoms with van der Waals surface area (Å²) in [6.07, 6.45) is -0.701. The average molecular weight is 755 g/mol. The van der Waals surface area contributed by atoms with Crippen molar-refractivity contribution in [3.8, 4) is 0 Å². The van der Waals surface area contributed by atoms with E-state index in [1.165, 1.54) is 0 Å². The van der Waals surface area contributed by atoms with Crippen molar-refractivity contribution in [1.82, 2.24) is 21.3 Å². The quantitative estimate of drug-likeness (QED) is 0.0963. The molecule has 1 aromatic rings. The Bertz CT molecular complexity index is 1500. The van der Waals surface area contributed by atoms with Gasteiger partial charge in [-0.05, 0) is 38.7 Å². The lowest BCUT2D eigenvalue weighted by Crippen LogP contribution is -2.58. The molecule has 4 N–H and O–H groups in total. The van der Waals surface area contributed by atoms with Crippen LogP contribution >= 0.6 is 0 Å². The number of nitrogens with one attached hydrogen (secondary N) is 4. The van der Waals surface area contributed by atoms with Gasteiger partial charge in [-0.15, -0.1) is 0 Å². The van der Waals surface area contributed by atoms with Crippen molar-refractivity contribution in [2.24, 2.45) is 5.92 Å². The van der Waals surface area contributed by atoms with E-state index in [1.54, 1.807) is 65.0 Å². The van der Waals surface area contributed by atoms with Gasteiger partial charge in [-0.3, -0.25) is 28.8 Å². The highest BCUT2D eigenvalue weighted by Crippen LogP contribution is 2.10. The molecule has 18 heteroatoms. The van der Waals surface area contributed by atoms with Crippen molar-refractivity contribution >= 4 is 51.6 Å². The van der Waals surface area contributed by atoms with Gasteiger partial charge >= 0.3 is 24.0 Å². The summed E-state index contributed by atoms with van der Waals surface area (Å²) in [5, 5.41) is 10.6. The second-order valence-corrected chi connectivity index (χ2v) is 13.6. The normalized spacial score (nSPS) is 13.5. The summed E-state index contributed by atoms with van der Waals surface area (Å²) >= 11 is 0. The van der Waals surface area contributed by atoms with E-state index < -0.39 is 94.5 Å². The summed E-state index contributed by atoms with van der Waals surface area (Å²) in [6.45, 7) is 7.84. The van der Waals surface area contributed by atoms with Crippen molar-refractivity contribution in [1.29, 1.82) is 0 Å². The van der Waals surface area contributed by atoms with Crippen LogP contribution in [0.3, 0.4) is 0 Å². The first-order valence-electron chi connectivity index (χ1n) is 16.7. The van der Waals surface area contributed by atoms with Crippen molar-refractivity contribution in [2.75, 3.05) is 26.1 Å². The van der Waals surface area contributed by atoms with Crippen molar-refractivity contribution in [2.45, 2.75) is 91.1 Å². The Morgan fingerprint density at radius 2 is 1.25 bits per heavy atom. The molecular formula is C34H50N4O13S. The fourth-order valence-electron chi connectivity index (χ4n) is 4.40. The van der Waals surface area contributed by atoms with E-state index in [-0.39, 0.29) is 39.3 Å². The number of carbonyl (C=O) groups is 7. The van der Waals surface area contributed by atoms with Gasteiger partial charge in [0.1, 0.15) is 24.7 Å². The summed E-state index contributed by atoms with van der Waals surface area (Å²) in [6, 6.07) is 3.19. The van der Waals surface area contributed by atoms with E-state index in [0.717, 1.165) is 17.7 Å². The monoisotopic (exact) mass is 754 g/mol. The molecule has 0 spiro atoms. The van der Waals surface area contributed by atoms with Gasteiger partial charge in [0.25, 0.3) is 0 Å². The lowest BCUT2D eigenvalue weighted by atomic mass is 10.0. The van der Waals surface area contributed by atoms with E-state index in [9.17, 15) is 42.0 Å². The molecule has 0 heterocycles. The van der Waals surface area contributed by atoms with Crippen LogP contribution < -0.4 is 21.3 Å². The first-order valence-corrected chi connectivity index (χ1v) is 18.7. The largest absolute Gasteiger partial charge is 0.466 e. The Kier molecular flexibility index (Phi) is 20.3. The average Bonchev–Trinajstić information content (AvgIpc) is 3.06. The van der Waals surface area contributed by atoms with Crippen LogP contribution in [0, 0.1) is 5.92 Å². The van der Waals surface area contributed by atoms with E-state index in [1.807, 2.05) is 0 Å². The Morgan fingerprint density at radius 3 is 1.81 bits per heavy atom. The van der Waals surface area contributed by atoms with Gasteiger partial charge in [0, 0.05) is 18.1 Å². The molecule has 0 unspecified atom stereocenters. The van der Waals surface area contributed by atoms with Gasteiger partial charge in [0.15, 0.2) is 9.84 Å². The molecule has 0 bridgehead atoms. The van der Waals surface area contributed by atoms with Crippen LogP contribution in [0.5, 0.6) is 0 Å². The molecule has 0 aromatic heterocycles. The fraction of sp³-hybridized carbons (Fsp3) is 0.559. The SMILES string of the molecule is CCOC(=O)CC[C@H](NC(=O)[C@H](CC(=O)OCC)NC(=O)OCc1ccccc1)C(=O)N[C@@H](C(=O)N[C@H](/C=C/S(C)(=O)=O)CC(=O)OCC)C(C)C. The zero-order valence-corrected chi connectivity index (χ0v) is 31.1. The van der Waals surface area contributed by atoms with Crippen LogP contribution in [0.4, 0.5) is 4.79 Å². The highest BCUT2D eigenvalue weighted by Gasteiger charge is 2.33. The Hall–Kier alpha value is -5.00. The minimum Gasteiger partial charge on any atom is -0.466 e. The zero-order chi connectivity index (χ0) is 39.3. The molecule has 4 atom stereocenters. The molecule has 0 saturated carbocycles. The van der Waals surface area contributed by atoms with E-state index in [2.05, 4.69) is 21.3 Å². The van der Waals surface area contributed by atoms with Gasteiger partial charge in [-0.25, -0.2) is 13.2 Å². The molecule has 0 fully saturated rings. The molecule has 0 saturated heterocycles. The fourth-order valence-corrected chi connectivity index (χ4v) is 4.88. The second kappa shape index (κ2) is 23.5. The Morgan fingerprint density at radius 1 is 0.692 bits per heavy atom. The molecule has 1 rings (SSSR count). The maximum atomic E-state index is 13.7. The molecule has 0 aliphatic carbocycles. The van der Waals surface area contributed by atoms with Gasteiger partial charge in [-0.2, -0.15) is 0 Å². The van der Waals surface area contributed by atoms with Crippen molar-refractivity contribution < 1.29 is 60.9 Å². The Balaban J connectivity index is 3.28. The number of hydrogen-bond acceptors (Lipinski definition) is 13. The van der Waals surface area contributed by atoms with Crippen LogP contribution in [-0.2, 0) is 64.2 Å². The summed E-state index contributed by atoms with van der Waals surface area (Å²) in [5.74, 6) is -5.52. The number of benzene rings is 1. The molecule has 1 aromatic carbocycles.